The first-order valence-electron chi connectivity index (χ1n) is 2.58. The quantitative estimate of drug-likeness (QED) is 0.432. The number of hydrogen-bond acceptors (Lipinski definition) is 0. The van der Waals surface area contributed by atoms with Crippen LogP contribution < -0.4 is 0 Å². The van der Waals surface area contributed by atoms with Crippen molar-refractivity contribution >= 4 is 23.2 Å². The van der Waals surface area contributed by atoms with E-state index in [1.165, 1.54) is 5.57 Å². The molecule has 0 fully saturated rings. The summed E-state index contributed by atoms with van der Waals surface area (Å²) >= 11 is 10.9. The van der Waals surface area contributed by atoms with Gasteiger partial charge >= 0.3 is 0 Å². The molecule has 0 aliphatic heterocycles. The molecule has 2 heteroatoms. The first-order valence-corrected chi connectivity index (χ1v) is 3.65. The fraction of sp³-hybridized carbons (Fsp3) is 0.667. The molecule has 0 rings (SSSR count). The second kappa shape index (κ2) is 5.46. The van der Waals surface area contributed by atoms with Crippen molar-refractivity contribution in [3.8, 4) is 0 Å². The molecule has 0 unspecified atom stereocenters. The SMILES string of the molecule is C/C(=C\CCl)CCCl. The van der Waals surface area contributed by atoms with E-state index in [-0.39, 0.29) is 0 Å². The van der Waals surface area contributed by atoms with Gasteiger partial charge in [-0.25, -0.2) is 0 Å². The third kappa shape index (κ3) is 4.48. The molecule has 0 amide bonds. The van der Waals surface area contributed by atoms with Crippen LogP contribution in [0.2, 0.25) is 0 Å². The van der Waals surface area contributed by atoms with E-state index in [0.717, 1.165) is 6.42 Å². The smallest absolute Gasteiger partial charge is 0.0406 e. The Hall–Kier alpha value is 0.320. The summed E-state index contributed by atoms with van der Waals surface area (Å²) in [6, 6.07) is 0. The van der Waals surface area contributed by atoms with Crippen LogP contribution in [0.1, 0.15) is 13.3 Å². The molecular weight excluding hydrogens is 143 g/mol. The lowest BCUT2D eigenvalue weighted by atomic mass is 10.2. The first-order chi connectivity index (χ1) is 3.81. The van der Waals surface area contributed by atoms with Gasteiger partial charge in [0.15, 0.2) is 0 Å². The van der Waals surface area contributed by atoms with Gasteiger partial charge in [-0.2, -0.15) is 0 Å². The van der Waals surface area contributed by atoms with Gasteiger partial charge in [-0.15, -0.1) is 23.2 Å². The summed E-state index contributed by atoms with van der Waals surface area (Å²) in [6.45, 7) is 2.03. The zero-order chi connectivity index (χ0) is 6.41. The van der Waals surface area contributed by atoms with Crippen LogP contribution in [-0.2, 0) is 0 Å². The maximum Gasteiger partial charge on any atom is 0.0406 e. The molecule has 0 aliphatic rings. The highest BCUT2D eigenvalue weighted by Crippen LogP contribution is 2.00. The predicted octanol–water partition coefficient (Wildman–Crippen LogP) is 2.80. The van der Waals surface area contributed by atoms with E-state index >= 15 is 0 Å². The largest absolute Gasteiger partial charge is 0.126 e. The maximum absolute atomic E-state index is 5.45. The van der Waals surface area contributed by atoms with Crippen LogP contribution in [0.15, 0.2) is 11.6 Å². The van der Waals surface area contributed by atoms with Gasteiger partial charge in [0.05, 0.1) is 0 Å². The minimum absolute atomic E-state index is 0.600. The number of rotatable bonds is 3. The third-order valence-corrected chi connectivity index (χ3v) is 1.26. The number of alkyl halides is 2. The van der Waals surface area contributed by atoms with Crippen LogP contribution in [0.4, 0.5) is 0 Å². The third-order valence-electron chi connectivity index (χ3n) is 0.914. The summed E-state index contributed by atoms with van der Waals surface area (Å²) in [7, 11) is 0. The summed E-state index contributed by atoms with van der Waals surface area (Å²) in [5.74, 6) is 1.29. The zero-order valence-corrected chi connectivity index (χ0v) is 6.47. The maximum atomic E-state index is 5.45. The molecule has 0 saturated carbocycles. The fourth-order valence-corrected chi connectivity index (χ4v) is 0.944. The first kappa shape index (κ1) is 8.32. The molecule has 0 atom stereocenters. The lowest BCUT2D eigenvalue weighted by Crippen LogP contribution is -1.77. The Morgan fingerprint density at radius 2 is 2.12 bits per heavy atom. The normalized spacial score (nSPS) is 12.1. The van der Waals surface area contributed by atoms with Crippen molar-refractivity contribution in [2.75, 3.05) is 11.8 Å². The minimum atomic E-state index is 0.600. The lowest BCUT2D eigenvalue weighted by molar-refractivity contribution is 1.10. The second-order valence-corrected chi connectivity index (χ2v) is 2.33. The van der Waals surface area contributed by atoms with Crippen molar-refractivity contribution in [2.45, 2.75) is 13.3 Å². The Kier molecular flexibility index (Phi) is 5.67. The zero-order valence-electron chi connectivity index (χ0n) is 4.95. The van der Waals surface area contributed by atoms with Gasteiger partial charge in [0.2, 0.25) is 0 Å². The average Bonchev–Trinajstić information content (AvgIpc) is 1.68. The van der Waals surface area contributed by atoms with Gasteiger partial charge < -0.3 is 0 Å². The molecule has 0 spiro atoms. The minimum Gasteiger partial charge on any atom is -0.126 e. The molecule has 0 N–H and O–H groups in total. The topological polar surface area (TPSA) is 0 Å². The van der Waals surface area contributed by atoms with Crippen LogP contribution in [0.25, 0.3) is 0 Å². The van der Waals surface area contributed by atoms with Crippen molar-refractivity contribution in [1.29, 1.82) is 0 Å². The molecular formula is C6H10Cl2. The molecule has 0 heterocycles. The number of halogens is 2. The number of allylic oxidation sites excluding steroid dienone is 2. The average molecular weight is 153 g/mol. The van der Waals surface area contributed by atoms with E-state index in [0.29, 0.717) is 11.8 Å². The van der Waals surface area contributed by atoms with E-state index in [2.05, 4.69) is 0 Å². The highest BCUT2D eigenvalue weighted by Gasteiger charge is 1.84. The Balaban J connectivity index is 3.29. The van der Waals surface area contributed by atoms with E-state index in [9.17, 15) is 0 Å². The van der Waals surface area contributed by atoms with E-state index < -0.39 is 0 Å². The van der Waals surface area contributed by atoms with Crippen LogP contribution in [-0.4, -0.2) is 11.8 Å². The molecule has 0 aliphatic carbocycles. The molecule has 0 radical (unpaired) electrons. The highest BCUT2D eigenvalue weighted by molar-refractivity contribution is 6.19. The van der Waals surface area contributed by atoms with Crippen molar-refractivity contribution in [3.63, 3.8) is 0 Å². The Bertz CT molecular complexity index is 76.6. The molecule has 48 valence electrons. The van der Waals surface area contributed by atoms with E-state index in [1.54, 1.807) is 0 Å². The Morgan fingerprint density at radius 3 is 2.50 bits per heavy atom. The van der Waals surface area contributed by atoms with Gasteiger partial charge in [-0.05, 0) is 13.3 Å². The second-order valence-electron chi connectivity index (χ2n) is 1.64. The van der Waals surface area contributed by atoms with Crippen LogP contribution >= 0.6 is 23.2 Å². The van der Waals surface area contributed by atoms with Crippen LogP contribution in [0.3, 0.4) is 0 Å². The van der Waals surface area contributed by atoms with Gasteiger partial charge in [-0.3, -0.25) is 0 Å². The summed E-state index contributed by atoms with van der Waals surface area (Å²) in [4.78, 5) is 0. The fourth-order valence-electron chi connectivity index (χ4n) is 0.383. The lowest BCUT2D eigenvalue weighted by Gasteiger charge is -1.91. The standard InChI is InChI=1S/C6H10Cl2/c1-6(2-4-7)3-5-8/h2H,3-5H2,1H3/b6-2+. The highest BCUT2D eigenvalue weighted by atomic mass is 35.5. The number of hydrogen-bond donors (Lipinski definition) is 0. The summed E-state index contributed by atoms with van der Waals surface area (Å²) in [5, 5.41) is 0. The summed E-state index contributed by atoms with van der Waals surface area (Å²) < 4.78 is 0. The van der Waals surface area contributed by atoms with Crippen LogP contribution in [0.5, 0.6) is 0 Å². The van der Waals surface area contributed by atoms with Crippen LogP contribution in [0, 0.1) is 0 Å². The van der Waals surface area contributed by atoms with Gasteiger partial charge in [-0.1, -0.05) is 11.6 Å². The molecule has 0 aromatic heterocycles. The Morgan fingerprint density at radius 1 is 1.50 bits per heavy atom. The van der Waals surface area contributed by atoms with Crippen molar-refractivity contribution < 1.29 is 0 Å². The van der Waals surface area contributed by atoms with Gasteiger partial charge in [0.25, 0.3) is 0 Å². The van der Waals surface area contributed by atoms with Crippen molar-refractivity contribution in [1.82, 2.24) is 0 Å². The van der Waals surface area contributed by atoms with Gasteiger partial charge in [0, 0.05) is 11.8 Å². The molecule has 0 nitrogen and oxygen atoms in total. The van der Waals surface area contributed by atoms with E-state index in [4.69, 9.17) is 23.2 Å². The van der Waals surface area contributed by atoms with Crippen molar-refractivity contribution in [3.05, 3.63) is 11.6 Å². The molecule has 0 aromatic carbocycles. The van der Waals surface area contributed by atoms with Crippen molar-refractivity contribution in [2.24, 2.45) is 0 Å². The van der Waals surface area contributed by atoms with E-state index in [1.807, 2.05) is 13.0 Å². The molecule has 0 aromatic rings. The summed E-state index contributed by atoms with van der Waals surface area (Å²) in [5.41, 5.74) is 1.27. The monoisotopic (exact) mass is 152 g/mol. The molecule has 8 heavy (non-hydrogen) atoms. The Labute approximate surface area is 60.5 Å². The predicted molar refractivity (Wildman–Crippen MR) is 39.8 cm³/mol. The van der Waals surface area contributed by atoms with Gasteiger partial charge in [0.1, 0.15) is 0 Å². The molecule has 0 saturated heterocycles. The molecule has 0 bridgehead atoms. The summed E-state index contributed by atoms with van der Waals surface area (Å²) in [6.07, 6.45) is 2.93.